The van der Waals surface area contributed by atoms with Crippen molar-refractivity contribution < 1.29 is 18.6 Å². The lowest BCUT2D eigenvalue weighted by molar-refractivity contribution is -0.196. The minimum Gasteiger partial charge on any atom is -0.491 e. The molecular weight excluding hydrogens is 367 g/mol. The van der Waals surface area contributed by atoms with Crippen molar-refractivity contribution in [1.82, 2.24) is 0 Å². The highest BCUT2D eigenvalue weighted by molar-refractivity contribution is 6.32. The molecule has 1 aliphatic heterocycles. The number of benzene rings is 1. The SMILES string of the molecule is C=CC1COC(CCC2CC=C(c3ccc(OCC)c(F)c3Cl)CC2)OC1. The fraction of sp³-hybridized carbons (Fsp3) is 0.545. The van der Waals surface area contributed by atoms with E-state index < -0.39 is 5.82 Å². The molecule has 1 unspecified atom stereocenters. The summed E-state index contributed by atoms with van der Waals surface area (Å²) in [4.78, 5) is 0. The van der Waals surface area contributed by atoms with Crippen LogP contribution in [0.5, 0.6) is 5.75 Å². The molecule has 5 heteroatoms. The van der Waals surface area contributed by atoms with Crippen molar-refractivity contribution in [2.75, 3.05) is 19.8 Å². The molecule has 1 aromatic carbocycles. The summed E-state index contributed by atoms with van der Waals surface area (Å²) >= 11 is 6.25. The summed E-state index contributed by atoms with van der Waals surface area (Å²) in [5.74, 6) is 0.653. The molecule has 1 fully saturated rings. The van der Waals surface area contributed by atoms with E-state index >= 15 is 0 Å². The summed E-state index contributed by atoms with van der Waals surface area (Å²) in [5, 5.41) is 0.159. The quantitative estimate of drug-likeness (QED) is 0.529. The second-order valence-corrected chi connectivity index (χ2v) is 7.59. The van der Waals surface area contributed by atoms with Gasteiger partial charge in [-0.3, -0.25) is 0 Å². The summed E-state index contributed by atoms with van der Waals surface area (Å²) in [5.41, 5.74) is 1.91. The second kappa shape index (κ2) is 9.72. The standard InChI is InChI=1S/C22H28ClFO3/c1-3-15-13-26-20(27-14-15)12-7-16-5-8-17(9-6-16)18-10-11-19(25-4-2)22(24)21(18)23/h3,8,10-11,15-16,20H,1,4-7,9,12-14H2,2H3. The molecule has 0 bridgehead atoms. The lowest BCUT2D eigenvalue weighted by atomic mass is 9.84. The fourth-order valence-corrected chi connectivity index (χ4v) is 3.95. The Hall–Kier alpha value is -1.36. The van der Waals surface area contributed by atoms with Gasteiger partial charge in [0, 0.05) is 5.92 Å². The first-order chi connectivity index (χ1) is 13.1. The first-order valence-electron chi connectivity index (χ1n) is 9.78. The molecule has 0 aromatic heterocycles. The molecule has 0 radical (unpaired) electrons. The summed E-state index contributed by atoms with van der Waals surface area (Å²) in [7, 11) is 0. The highest BCUT2D eigenvalue weighted by atomic mass is 35.5. The van der Waals surface area contributed by atoms with Gasteiger partial charge in [0.1, 0.15) is 0 Å². The summed E-state index contributed by atoms with van der Waals surface area (Å²) in [6, 6.07) is 3.53. The van der Waals surface area contributed by atoms with Crippen LogP contribution in [0.4, 0.5) is 4.39 Å². The molecule has 1 aliphatic carbocycles. The fourth-order valence-electron chi connectivity index (χ4n) is 3.67. The largest absolute Gasteiger partial charge is 0.491 e. The molecule has 0 N–H and O–H groups in total. The Morgan fingerprint density at radius 2 is 2.07 bits per heavy atom. The normalized spacial score (nSPS) is 25.7. The molecule has 3 nitrogen and oxygen atoms in total. The van der Waals surface area contributed by atoms with Crippen molar-refractivity contribution in [2.24, 2.45) is 11.8 Å². The smallest absolute Gasteiger partial charge is 0.184 e. The van der Waals surface area contributed by atoms with E-state index in [0.717, 1.165) is 43.2 Å². The molecule has 1 saturated heterocycles. The Morgan fingerprint density at radius 3 is 2.70 bits per heavy atom. The lowest BCUT2D eigenvalue weighted by Gasteiger charge is -2.29. The van der Waals surface area contributed by atoms with Crippen molar-refractivity contribution in [2.45, 2.75) is 45.3 Å². The maximum absolute atomic E-state index is 14.3. The Bertz CT molecular complexity index is 680. The van der Waals surface area contributed by atoms with E-state index in [4.69, 9.17) is 25.8 Å². The molecule has 0 amide bonds. The highest BCUT2D eigenvalue weighted by Crippen LogP contribution is 2.38. The lowest BCUT2D eigenvalue weighted by Crippen LogP contribution is -2.31. The van der Waals surface area contributed by atoms with E-state index in [9.17, 15) is 4.39 Å². The van der Waals surface area contributed by atoms with Crippen molar-refractivity contribution >= 4 is 17.2 Å². The van der Waals surface area contributed by atoms with Gasteiger partial charge in [-0.25, -0.2) is 4.39 Å². The Labute approximate surface area is 166 Å². The van der Waals surface area contributed by atoms with Gasteiger partial charge in [-0.1, -0.05) is 23.8 Å². The minimum atomic E-state index is -0.469. The number of halogens is 2. The molecule has 2 aliphatic rings. The Morgan fingerprint density at radius 1 is 1.30 bits per heavy atom. The summed E-state index contributed by atoms with van der Waals surface area (Å²) < 4.78 is 31.1. The van der Waals surface area contributed by atoms with Gasteiger partial charge in [-0.15, -0.1) is 6.58 Å². The van der Waals surface area contributed by atoms with Crippen molar-refractivity contribution in [1.29, 1.82) is 0 Å². The van der Waals surface area contributed by atoms with E-state index in [2.05, 4.69) is 12.7 Å². The predicted molar refractivity (Wildman–Crippen MR) is 107 cm³/mol. The van der Waals surface area contributed by atoms with Crippen LogP contribution < -0.4 is 4.74 Å². The molecule has 148 valence electrons. The van der Waals surface area contributed by atoms with Gasteiger partial charge >= 0.3 is 0 Å². The van der Waals surface area contributed by atoms with Gasteiger partial charge in [0.15, 0.2) is 17.9 Å². The van der Waals surface area contributed by atoms with Crippen LogP contribution in [0.1, 0.15) is 44.6 Å². The molecule has 1 aromatic rings. The van der Waals surface area contributed by atoms with Gasteiger partial charge in [0.2, 0.25) is 0 Å². The van der Waals surface area contributed by atoms with E-state index in [1.165, 1.54) is 0 Å². The zero-order valence-electron chi connectivity index (χ0n) is 15.9. The van der Waals surface area contributed by atoms with Crippen LogP contribution in [0, 0.1) is 17.7 Å². The summed E-state index contributed by atoms with van der Waals surface area (Å²) in [6.07, 6.45) is 8.92. The number of rotatable bonds is 7. The van der Waals surface area contributed by atoms with Crippen molar-refractivity contribution in [3.63, 3.8) is 0 Å². The van der Waals surface area contributed by atoms with E-state index in [0.29, 0.717) is 31.7 Å². The van der Waals surface area contributed by atoms with Gasteiger partial charge < -0.3 is 14.2 Å². The van der Waals surface area contributed by atoms with Crippen molar-refractivity contribution in [3.8, 4) is 5.75 Å². The van der Waals surface area contributed by atoms with Crippen molar-refractivity contribution in [3.05, 3.63) is 47.3 Å². The van der Waals surface area contributed by atoms with Crippen LogP contribution in [0.15, 0.2) is 30.9 Å². The third-order valence-electron chi connectivity index (χ3n) is 5.35. The van der Waals surface area contributed by atoms with Crippen LogP contribution in [0.25, 0.3) is 5.57 Å². The molecule has 0 saturated carbocycles. The molecule has 0 spiro atoms. The first-order valence-corrected chi connectivity index (χ1v) is 10.2. The number of hydrogen-bond acceptors (Lipinski definition) is 3. The van der Waals surface area contributed by atoms with E-state index in [-0.39, 0.29) is 17.1 Å². The van der Waals surface area contributed by atoms with E-state index in [1.54, 1.807) is 6.07 Å². The number of allylic oxidation sites excluding steroid dienone is 2. The molecule has 1 heterocycles. The van der Waals surface area contributed by atoms with Crippen LogP contribution in [-0.4, -0.2) is 26.1 Å². The Balaban J connectivity index is 1.53. The average Bonchev–Trinajstić information content (AvgIpc) is 2.71. The molecular formula is C22H28ClFO3. The Kier molecular flexibility index (Phi) is 7.33. The zero-order chi connectivity index (χ0) is 19.2. The maximum atomic E-state index is 14.3. The zero-order valence-corrected chi connectivity index (χ0v) is 16.6. The monoisotopic (exact) mass is 394 g/mol. The highest BCUT2D eigenvalue weighted by Gasteiger charge is 2.23. The number of ether oxygens (including phenoxy) is 3. The molecule has 3 rings (SSSR count). The van der Waals surface area contributed by atoms with Crippen LogP contribution in [0.2, 0.25) is 5.02 Å². The predicted octanol–water partition coefficient (Wildman–Crippen LogP) is 6.02. The van der Waals surface area contributed by atoms with Gasteiger partial charge in [0.25, 0.3) is 0 Å². The molecule has 27 heavy (non-hydrogen) atoms. The topological polar surface area (TPSA) is 27.7 Å². The van der Waals surface area contributed by atoms with Gasteiger partial charge in [-0.2, -0.15) is 0 Å². The molecule has 1 atom stereocenters. The van der Waals surface area contributed by atoms with E-state index in [1.807, 2.05) is 19.1 Å². The maximum Gasteiger partial charge on any atom is 0.184 e. The van der Waals surface area contributed by atoms with Gasteiger partial charge in [-0.05, 0) is 68.2 Å². The van der Waals surface area contributed by atoms with Crippen LogP contribution in [0.3, 0.4) is 0 Å². The van der Waals surface area contributed by atoms with Crippen LogP contribution in [-0.2, 0) is 9.47 Å². The first kappa shape index (κ1) is 20.4. The second-order valence-electron chi connectivity index (χ2n) is 7.21. The minimum absolute atomic E-state index is 0.0961. The third-order valence-corrected chi connectivity index (χ3v) is 5.72. The number of hydrogen-bond donors (Lipinski definition) is 0. The van der Waals surface area contributed by atoms with Gasteiger partial charge in [0.05, 0.1) is 24.8 Å². The summed E-state index contributed by atoms with van der Waals surface area (Å²) in [6.45, 7) is 7.42. The third kappa shape index (κ3) is 5.13. The van der Waals surface area contributed by atoms with Crippen LogP contribution >= 0.6 is 11.6 Å². The average molecular weight is 395 g/mol.